The lowest BCUT2D eigenvalue weighted by Gasteiger charge is -2.21. The Morgan fingerprint density at radius 2 is 1.53 bits per heavy atom. The number of aromatic amines is 1. The molecule has 1 heterocycles. The van der Waals surface area contributed by atoms with Gasteiger partial charge in [0.05, 0.1) is 6.04 Å². The highest BCUT2D eigenvalue weighted by atomic mass is 19.4. The Hall–Kier alpha value is -3.35. The summed E-state index contributed by atoms with van der Waals surface area (Å²) in [5.74, 6) is -0.187. The number of H-pyrrole nitrogens is 1. The molecule has 1 aliphatic rings. The number of amides is 1. The molecule has 32 heavy (non-hydrogen) atoms. The fourth-order valence-corrected chi connectivity index (χ4v) is 4.25. The molecule has 166 valence electrons. The Labute approximate surface area is 183 Å². The van der Waals surface area contributed by atoms with E-state index in [1.807, 2.05) is 42.5 Å². The van der Waals surface area contributed by atoms with Gasteiger partial charge in [-0.05, 0) is 47.6 Å². The van der Waals surface area contributed by atoms with E-state index in [4.69, 9.17) is 0 Å². The molecule has 0 bridgehead atoms. The average Bonchev–Trinajstić information content (AvgIpc) is 3.32. The van der Waals surface area contributed by atoms with E-state index in [0.717, 1.165) is 17.2 Å². The van der Waals surface area contributed by atoms with E-state index in [1.165, 1.54) is 31.2 Å². The van der Waals surface area contributed by atoms with Crippen LogP contribution in [0, 0.1) is 0 Å². The van der Waals surface area contributed by atoms with Crippen molar-refractivity contribution in [3.63, 3.8) is 0 Å². The Morgan fingerprint density at radius 1 is 0.906 bits per heavy atom. The zero-order valence-corrected chi connectivity index (χ0v) is 17.3. The molecule has 1 amide bonds. The highest BCUT2D eigenvalue weighted by Gasteiger charge is 2.32. The molecule has 0 saturated heterocycles. The highest BCUT2D eigenvalue weighted by molar-refractivity contribution is 5.94. The van der Waals surface area contributed by atoms with Gasteiger partial charge >= 0.3 is 6.18 Å². The van der Waals surface area contributed by atoms with Crippen molar-refractivity contribution in [1.82, 2.24) is 10.3 Å². The largest absolute Gasteiger partial charge is 0.431 e. The third-order valence-electron chi connectivity index (χ3n) is 5.96. The van der Waals surface area contributed by atoms with Crippen LogP contribution in [0.2, 0.25) is 0 Å². The maximum atomic E-state index is 12.8. The Morgan fingerprint density at radius 3 is 2.12 bits per heavy atom. The number of hydrogen-bond acceptors (Lipinski definition) is 2. The third-order valence-corrected chi connectivity index (χ3v) is 5.96. The predicted molar refractivity (Wildman–Crippen MR) is 115 cm³/mol. The van der Waals surface area contributed by atoms with Crippen molar-refractivity contribution in [2.24, 2.45) is 0 Å². The lowest BCUT2D eigenvalue weighted by Crippen LogP contribution is -2.34. The lowest BCUT2D eigenvalue weighted by atomic mass is 9.93. The van der Waals surface area contributed by atoms with Crippen molar-refractivity contribution in [3.05, 3.63) is 105 Å². The molecule has 2 aromatic carbocycles. The molecule has 1 aliphatic carbocycles. The van der Waals surface area contributed by atoms with Gasteiger partial charge < -0.3 is 10.3 Å². The number of nitrogens with one attached hydrogen (secondary N) is 2. The van der Waals surface area contributed by atoms with Gasteiger partial charge in [0.2, 0.25) is 0 Å². The molecule has 0 radical (unpaired) electrons. The molecular formula is C25H23F3N2O2. The van der Waals surface area contributed by atoms with Gasteiger partial charge in [-0.2, -0.15) is 13.2 Å². The summed E-state index contributed by atoms with van der Waals surface area (Å²) in [6.45, 7) is 0. The van der Waals surface area contributed by atoms with E-state index in [0.29, 0.717) is 12.0 Å². The van der Waals surface area contributed by atoms with Crippen LogP contribution in [0.4, 0.5) is 13.2 Å². The van der Waals surface area contributed by atoms with Crippen molar-refractivity contribution in [2.75, 3.05) is 0 Å². The molecule has 2 N–H and O–H groups in total. The van der Waals surface area contributed by atoms with Gasteiger partial charge in [-0.3, -0.25) is 9.59 Å². The summed E-state index contributed by atoms with van der Waals surface area (Å²) in [7, 11) is 0. The molecule has 1 saturated carbocycles. The summed E-state index contributed by atoms with van der Waals surface area (Å²) in [5.41, 5.74) is 0.249. The molecular weight excluding hydrogens is 417 g/mol. The second-order valence-electron chi connectivity index (χ2n) is 8.08. The smallest absolute Gasteiger partial charge is 0.341 e. The molecule has 1 atom stereocenters. The van der Waals surface area contributed by atoms with E-state index < -0.39 is 29.4 Å². The molecule has 3 aromatic rings. The van der Waals surface area contributed by atoms with Crippen LogP contribution < -0.4 is 10.9 Å². The summed E-state index contributed by atoms with van der Waals surface area (Å²) < 4.78 is 38.5. The first-order chi connectivity index (χ1) is 15.3. The summed E-state index contributed by atoms with van der Waals surface area (Å²) in [4.78, 5) is 26.8. The van der Waals surface area contributed by atoms with E-state index in [-0.39, 0.29) is 5.56 Å². The molecule has 1 fully saturated rings. The number of aromatic nitrogens is 1. The third kappa shape index (κ3) is 4.77. The number of pyridine rings is 1. The maximum Gasteiger partial charge on any atom is 0.431 e. The van der Waals surface area contributed by atoms with Crippen LogP contribution in [0.5, 0.6) is 0 Å². The number of rotatable bonds is 5. The zero-order chi connectivity index (χ0) is 22.7. The molecule has 1 aromatic heterocycles. The first kappa shape index (κ1) is 21.9. The minimum atomic E-state index is -4.69. The lowest BCUT2D eigenvalue weighted by molar-refractivity contribution is -0.141. The van der Waals surface area contributed by atoms with Crippen molar-refractivity contribution >= 4 is 5.91 Å². The first-order valence-corrected chi connectivity index (χ1v) is 10.6. The molecule has 1 unspecified atom stereocenters. The topological polar surface area (TPSA) is 62.0 Å². The van der Waals surface area contributed by atoms with Gasteiger partial charge in [-0.1, -0.05) is 67.4 Å². The van der Waals surface area contributed by atoms with Gasteiger partial charge in [-0.15, -0.1) is 0 Å². The number of hydrogen-bond donors (Lipinski definition) is 2. The van der Waals surface area contributed by atoms with E-state index >= 15 is 0 Å². The van der Waals surface area contributed by atoms with Gasteiger partial charge in [-0.25, -0.2) is 0 Å². The van der Waals surface area contributed by atoms with E-state index in [9.17, 15) is 22.8 Å². The van der Waals surface area contributed by atoms with E-state index in [1.54, 1.807) is 4.98 Å². The van der Waals surface area contributed by atoms with Crippen molar-refractivity contribution in [3.8, 4) is 0 Å². The molecule has 0 aliphatic heterocycles. The van der Waals surface area contributed by atoms with Gasteiger partial charge in [0, 0.05) is 0 Å². The first-order valence-electron chi connectivity index (χ1n) is 10.6. The monoisotopic (exact) mass is 440 g/mol. The van der Waals surface area contributed by atoms with Crippen LogP contribution in [0.15, 0.2) is 71.5 Å². The van der Waals surface area contributed by atoms with Gasteiger partial charge in [0.1, 0.15) is 11.3 Å². The van der Waals surface area contributed by atoms with Crippen LogP contribution in [-0.4, -0.2) is 10.9 Å². The quantitative estimate of drug-likeness (QED) is 0.545. The zero-order valence-electron chi connectivity index (χ0n) is 17.3. The summed E-state index contributed by atoms with van der Waals surface area (Å²) in [6.07, 6.45) is 0.124. The minimum absolute atomic E-state index is 0.374. The van der Waals surface area contributed by atoms with Crippen molar-refractivity contribution < 1.29 is 18.0 Å². The normalized spacial score (nSPS) is 15.5. The van der Waals surface area contributed by atoms with E-state index in [2.05, 4.69) is 17.4 Å². The molecule has 4 nitrogen and oxygen atoms in total. The van der Waals surface area contributed by atoms with Crippen LogP contribution in [0.3, 0.4) is 0 Å². The Balaban J connectivity index is 1.62. The fraction of sp³-hybridized carbons (Fsp3) is 0.280. The fourth-order valence-electron chi connectivity index (χ4n) is 4.25. The predicted octanol–water partition coefficient (Wildman–Crippen LogP) is 5.57. The van der Waals surface area contributed by atoms with Crippen LogP contribution in [-0.2, 0) is 6.18 Å². The summed E-state index contributed by atoms with van der Waals surface area (Å²) >= 11 is 0. The molecule has 0 spiro atoms. The van der Waals surface area contributed by atoms with Gasteiger partial charge in [0.25, 0.3) is 11.5 Å². The SMILES string of the molecule is O=C(NC(c1ccccc1)c1ccc(C2CCCC2)cc1)c1ccc(C(F)(F)F)[nH]c1=O. The van der Waals surface area contributed by atoms with Gasteiger partial charge in [0.15, 0.2) is 0 Å². The van der Waals surface area contributed by atoms with Crippen molar-refractivity contribution in [1.29, 1.82) is 0 Å². The number of benzene rings is 2. The molecule has 7 heteroatoms. The summed E-state index contributed by atoms with van der Waals surface area (Å²) in [6, 6.07) is 18.3. The van der Waals surface area contributed by atoms with Crippen molar-refractivity contribution in [2.45, 2.75) is 43.8 Å². The summed E-state index contributed by atoms with van der Waals surface area (Å²) in [5, 5.41) is 2.81. The average molecular weight is 440 g/mol. The second kappa shape index (κ2) is 9.02. The van der Waals surface area contributed by atoms with Crippen LogP contribution in [0.1, 0.15) is 70.4 Å². The standard InChI is InChI=1S/C25H23F3N2O2/c26-25(27,28)21-15-14-20(23(31)29-21)24(32)30-22(18-8-2-1-3-9-18)19-12-10-17(11-13-19)16-6-4-5-7-16/h1-3,8-16,22H,4-7H2,(H,29,31)(H,30,32). The minimum Gasteiger partial charge on any atom is -0.341 e. The highest BCUT2D eigenvalue weighted by Crippen LogP contribution is 2.35. The van der Waals surface area contributed by atoms with Crippen LogP contribution >= 0.6 is 0 Å². The maximum absolute atomic E-state index is 12.8. The number of carbonyl (C=O) groups is 1. The number of carbonyl (C=O) groups excluding carboxylic acids is 1. The Bertz CT molecular complexity index is 1130. The number of alkyl halides is 3. The molecule has 4 rings (SSSR count). The second-order valence-corrected chi connectivity index (χ2v) is 8.08. The number of halogens is 3. The van der Waals surface area contributed by atoms with Crippen LogP contribution in [0.25, 0.3) is 0 Å². The Kier molecular flexibility index (Phi) is 6.17.